The van der Waals surface area contributed by atoms with Crippen LogP contribution in [0.2, 0.25) is 0 Å². The molecule has 2 aromatic carbocycles. The number of ketones is 1. The minimum Gasteiger partial charge on any atom is -0.382 e. The minimum absolute atomic E-state index is 0.0308. The van der Waals surface area contributed by atoms with Gasteiger partial charge < -0.3 is 10.1 Å². The van der Waals surface area contributed by atoms with Gasteiger partial charge in [0.15, 0.2) is 5.78 Å². The van der Waals surface area contributed by atoms with Crippen LogP contribution in [0, 0.1) is 11.8 Å². The van der Waals surface area contributed by atoms with E-state index < -0.39 is 5.60 Å². The molecule has 1 aromatic heterocycles. The predicted octanol–water partition coefficient (Wildman–Crippen LogP) is 5.14. The lowest BCUT2D eigenvalue weighted by Gasteiger charge is -2.30. The smallest absolute Gasteiger partial charge is 0.167 e. The van der Waals surface area contributed by atoms with E-state index in [0.717, 1.165) is 53.4 Å². The molecule has 0 atom stereocenters. The van der Waals surface area contributed by atoms with Crippen molar-refractivity contribution in [3.05, 3.63) is 60.9 Å². The number of hydrogen-bond acceptors (Lipinski definition) is 3. The van der Waals surface area contributed by atoms with Gasteiger partial charge in [-0.15, -0.1) is 0 Å². The van der Waals surface area contributed by atoms with Crippen molar-refractivity contribution in [3.8, 4) is 11.1 Å². The zero-order valence-corrected chi connectivity index (χ0v) is 16.5. The molecule has 29 heavy (non-hydrogen) atoms. The summed E-state index contributed by atoms with van der Waals surface area (Å²) in [5.74, 6) is 0.523. The van der Waals surface area contributed by atoms with Gasteiger partial charge >= 0.3 is 0 Å². The number of aliphatic hydroxyl groups is 1. The number of nitrogens with zero attached hydrogens (tertiary/aromatic N) is 1. The molecule has 0 unspecified atom stereocenters. The molecule has 4 nitrogen and oxygen atoms in total. The van der Waals surface area contributed by atoms with E-state index in [-0.39, 0.29) is 11.7 Å². The van der Waals surface area contributed by atoms with Crippen LogP contribution in [0.15, 0.2) is 55.4 Å². The number of imidazole rings is 1. The monoisotopic (exact) mass is 386 g/mol. The molecule has 2 aliphatic carbocycles. The van der Waals surface area contributed by atoms with Gasteiger partial charge in [0.25, 0.3) is 0 Å². The Labute approximate surface area is 170 Å². The number of aromatic amines is 1. The molecule has 0 amide bonds. The number of H-pyrrole nitrogens is 1. The Morgan fingerprint density at radius 3 is 2.41 bits per heavy atom. The van der Waals surface area contributed by atoms with Crippen LogP contribution in [0.4, 0.5) is 0 Å². The maximum Gasteiger partial charge on any atom is 0.167 e. The lowest BCUT2D eigenvalue weighted by atomic mass is 9.74. The number of para-hydroxylation sites is 1. The Hall–Kier alpha value is -2.72. The molecule has 0 spiro atoms. The number of carbonyl (C=O) groups is 1. The van der Waals surface area contributed by atoms with Crippen molar-refractivity contribution < 1.29 is 9.90 Å². The summed E-state index contributed by atoms with van der Waals surface area (Å²) in [5.41, 5.74) is 5.63. The van der Waals surface area contributed by atoms with Gasteiger partial charge in [-0.3, -0.25) is 4.79 Å². The summed E-state index contributed by atoms with van der Waals surface area (Å²) in [4.78, 5) is 20.0. The molecule has 1 heterocycles. The standard InChI is InChI=1S/C25H26N2O2/c1-16(18-7-11-20(12-8-18)24(28)25(29)13-14-25)17-5-9-19(10-6-17)21-3-2-4-22-23(21)27-15-26-22/h2-6,9-10,15,18,20,29H,1,7-8,11-14H2,(H,26,27). The first-order valence-electron chi connectivity index (χ1n) is 10.5. The number of hydrogen-bond donors (Lipinski definition) is 2. The highest BCUT2D eigenvalue weighted by Gasteiger charge is 2.50. The van der Waals surface area contributed by atoms with Gasteiger partial charge in [0.05, 0.1) is 17.4 Å². The van der Waals surface area contributed by atoms with Crippen LogP contribution in [0.1, 0.15) is 44.1 Å². The molecule has 3 aromatic rings. The third-order valence-corrected chi connectivity index (χ3v) is 6.79. The van der Waals surface area contributed by atoms with Crippen molar-refractivity contribution in [3.63, 3.8) is 0 Å². The van der Waals surface area contributed by atoms with Gasteiger partial charge in [0.2, 0.25) is 0 Å². The number of allylic oxidation sites excluding steroid dienone is 1. The molecule has 2 aliphatic rings. The van der Waals surface area contributed by atoms with E-state index in [2.05, 4.69) is 46.9 Å². The quantitative estimate of drug-likeness (QED) is 0.638. The van der Waals surface area contributed by atoms with Gasteiger partial charge in [-0.1, -0.05) is 43.0 Å². The first kappa shape index (κ1) is 18.3. The second-order valence-electron chi connectivity index (χ2n) is 8.65. The van der Waals surface area contributed by atoms with E-state index in [1.807, 2.05) is 12.1 Å². The van der Waals surface area contributed by atoms with Crippen molar-refractivity contribution in [2.45, 2.75) is 44.1 Å². The molecule has 2 fully saturated rings. The molecule has 0 bridgehead atoms. The van der Waals surface area contributed by atoms with Crippen LogP contribution in [0.3, 0.4) is 0 Å². The average molecular weight is 386 g/mol. The van der Waals surface area contributed by atoms with Crippen LogP contribution in [-0.4, -0.2) is 26.5 Å². The van der Waals surface area contributed by atoms with Gasteiger partial charge in [-0.2, -0.15) is 0 Å². The van der Waals surface area contributed by atoms with Crippen LogP contribution in [0.25, 0.3) is 27.7 Å². The fourth-order valence-corrected chi connectivity index (χ4v) is 4.75. The Balaban J connectivity index is 1.28. The molecule has 0 saturated heterocycles. The summed E-state index contributed by atoms with van der Waals surface area (Å²) in [6, 6.07) is 14.7. The van der Waals surface area contributed by atoms with Gasteiger partial charge in [0.1, 0.15) is 5.60 Å². The van der Waals surface area contributed by atoms with Crippen molar-refractivity contribution in [1.82, 2.24) is 9.97 Å². The van der Waals surface area contributed by atoms with Gasteiger partial charge in [0, 0.05) is 11.5 Å². The second kappa shape index (κ2) is 6.96. The summed E-state index contributed by atoms with van der Waals surface area (Å²) < 4.78 is 0. The summed E-state index contributed by atoms with van der Waals surface area (Å²) in [6.07, 6.45) is 6.70. The molecule has 0 radical (unpaired) electrons. The maximum absolute atomic E-state index is 12.4. The van der Waals surface area contributed by atoms with E-state index in [0.29, 0.717) is 18.8 Å². The van der Waals surface area contributed by atoms with E-state index in [1.54, 1.807) is 6.33 Å². The average Bonchev–Trinajstić information content (AvgIpc) is 3.33. The van der Waals surface area contributed by atoms with Crippen molar-refractivity contribution in [2.75, 3.05) is 0 Å². The molecular formula is C25H26N2O2. The van der Waals surface area contributed by atoms with Crippen LogP contribution in [-0.2, 0) is 4.79 Å². The van der Waals surface area contributed by atoms with Crippen molar-refractivity contribution >= 4 is 22.4 Å². The van der Waals surface area contributed by atoms with Crippen LogP contribution >= 0.6 is 0 Å². The summed E-state index contributed by atoms with van der Waals surface area (Å²) in [6.45, 7) is 4.37. The topological polar surface area (TPSA) is 66.0 Å². The zero-order valence-electron chi connectivity index (χ0n) is 16.5. The number of fused-ring (bicyclic) bond motifs is 1. The van der Waals surface area contributed by atoms with E-state index >= 15 is 0 Å². The molecular weight excluding hydrogens is 360 g/mol. The summed E-state index contributed by atoms with van der Waals surface area (Å²) in [5, 5.41) is 10.1. The van der Waals surface area contributed by atoms with Gasteiger partial charge in [-0.25, -0.2) is 4.98 Å². The van der Waals surface area contributed by atoms with Crippen LogP contribution < -0.4 is 0 Å². The highest BCUT2D eigenvalue weighted by molar-refractivity contribution is 5.92. The number of nitrogens with one attached hydrogen (secondary N) is 1. The normalized spacial score (nSPS) is 23.1. The lowest BCUT2D eigenvalue weighted by molar-refractivity contribution is -0.134. The molecule has 0 aliphatic heterocycles. The predicted molar refractivity (Wildman–Crippen MR) is 115 cm³/mol. The molecule has 2 N–H and O–H groups in total. The zero-order chi connectivity index (χ0) is 20.0. The third kappa shape index (κ3) is 3.32. The Morgan fingerprint density at radius 1 is 1.03 bits per heavy atom. The van der Waals surface area contributed by atoms with E-state index in [9.17, 15) is 9.90 Å². The Morgan fingerprint density at radius 2 is 1.72 bits per heavy atom. The largest absolute Gasteiger partial charge is 0.382 e. The number of aromatic nitrogens is 2. The van der Waals surface area contributed by atoms with Gasteiger partial charge in [-0.05, 0) is 67.2 Å². The highest BCUT2D eigenvalue weighted by Crippen LogP contribution is 2.44. The van der Waals surface area contributed by atoms with Crippen molar-refractivity contribution in [1.29, 1.82) is 0 Å². The summed E-state index contributed by atoms with van der Waals surface area (Å²) in [7, 11) is 0. The van der Waals surface area contributed by atoms with Crippen LogP contribution in [0.5, 0.6) is 0 Å². The number of Topliss-reactive ketones (excluding diaryl/α,β-unsaturated/α-hetero) is 1. The van der Waals surface area contributed by atoms with E-state index in [1.165, 1.54) is 5.56 Å². The first-order chi connectivity index (χ1) is 14.0. The fraction of sp³-hybridized carbons (Fsp3) is 0.360. The lowest BCUT2D eigenvalue weighted by Crippen LogP contribution is -2.32. The maximum atomic E-state index is 12.4. The second-order valence-corrected chi connectivity index (χ2v) is 8.65. The Bertz CT molecular complexity index is 1070. The van der Waals surface area contributed by atoms with E-state index in [4.69, 9.17) is 0 Å². The number of benzene rings is 2. The third-order valence-electron chi connectivity index (χ3n) is 6.79. The molecule has 2 saturated carbocycles. The number of rotatable bonds is 5. The molecule has 148 valence electrons. The fourth-order valence-electron chi connectivity index (χ4n) is 4.75. The number of carbonyl (C=O) groups excluding carboxylic acids is 1. The molecule has 4 heteroatoms. The molecule has 5 rings (SSSR count). The minimum atomic E-state index is -0.985. The first-order valence-corrected chi connectivity index (χ1v) is 10.5. The van der Waals surface area contributed by atoms with Crippen molar-refractivity contribution in [2.24, 2.45) is 11.8 Å². The Kier molecular flexibility index (Phi) is 4.39. The highest BCUT2D eigenvalue weighted by atomic mass is 16.3. The SMILES string of the molecule is C=C(c1ccc(-c2cccc3[nH]cnc23)cc1)C1CCC(C(=O)C2(O)CC2)CC1. The summed E-state index contributed by atoms with van der Waals surface area (Å²) >= 11 is 0.